The maximum Gasteiger partial charge on any atom is 0.285 e. The molecule has 0 saturated carbocycles. The second-order valence-corrected chi connectivity index (χ2v) is 6.26. The lowest BCUT2D eigenvalue weighted by molar-refractivity contribution is -0.121. The fourth-order valence-electron chi connectivity index (χ4n) is 1.93. The Kier molecular flexibility index (Phi) is 4.13. The van der Waals surface area contributed by atoms with Crippen molar-refractivity contribution in [2.75, 3.05) is 5.43 Å². The molecule has 2 N–H and O–H groups in total. The van der Waals surface area contributed by atoms with Crippen LogP contribution >= 0.6 is 24.0 Å². The summed E-state index contributed by atoms with van der Waals surface area (Å²) in [5.74, 6) is 0.00220. The zero-order chi connectivity index (χ0) is 15.5. The number of carbonyl (C=O) groups is 1. The summed E-state index contributed by atoms with van der Waals surface area (Å²) in [5, 5.41) is 10.6. The molecule has 2 aromatic rings. The van der Waals surface area contributed by atoms with E-state index >= 15 is 0 Å². The van der Waals surface area contributed by atoms with Crippen molar-refractivity contribution >= 4 is 46.0 Å². The number of benzene rings is 2. The highest BCUT2D eigenvalue weighted by atomic mass is 32.2. The lowest BCUT2D eigenvalue weighted by atomic mass is 10.2. The lowest BCUT2D eigenvalue weighted by Crippen LogP contribution is -2.33. The number of thiocarbonyl (C=S) groups is 1. The highest BCUT2D eigenvalue weighted by Gasteiger charge is 2.32. The SMILES string of the molecule is O=C1/C(=C\c2ccc(O)cc2)SC(=S)N1Nc1ccccc1. The summed E-state index contributed by atoms with van der Waals surface area (Å²) in [7, 11) is 0. The largest absolute Gasteiger partial charge is 0.508 e. The number of anilines is 1. The van der Waals surface area contributed by atoms with Crippen LogP contribution < -0.4 is 5.43 Å². The fraction of sp³-hybridized carbons (Fsp3) is 0. The molecule has 0 bridgehead atoms. The summed E-state index contributed by atoms with van der Waals surface area (Å²) in [4.78, 5) is 13.0. The zero-order valence-electron chi connectivity index (χ0n) is 11.4. The number of hydrogen-bond donors (Lipinski definition) is 2. The number of nitrogens with one attached hydrogen (secondary N) is 1. The van der Waals surface area contributed by atoms with Gasteiger partial charge in [-0.15, -0.1) is 0 Å². The van der Waals surface area contributed by atoms with Crippen molar-refractivity contribution in [1.29, 1.82) is 0 Å². The van der Waals surface area contributed by atoms with Gasteiger partial charge in [-0.25, -0.2) is 5.01 Å². The monoisotopic (exact) mass is 328 g/mol. The van der Waals surface area contributed by atoms with Gasteiger partial charge in [-0.2, -0.15) is 0 Å². The van der Waals surface area contributed by atoms with E-state index in [1.165, 1.54) is 16.8 Å². The molecular weight excluding hydrogens is 316 g/mol. The quantitative estimate of drug-likeness (QED) is 0.666. The van der Waals surface area contributed by atoms with E-state index in [1.807, 2.05) is 30.3 Å². The molecule has 1 aliphatic rings. The van der Waals surface area contributed by atoms with E-state index in [2.05, 4.69) is 5.43 Å². The van der Waals surface area contributed by atoms with Crippen LogP contribution in [0, 0.1) is 0 Å². The van der Waals surface area contributed by atoms with E-state index in [-0.39, 0.29) is 11.7 Å². The Morgan fingerprint density at radius 3 is 2.45 bits per heavy atom. The number of carbonyl (C=O) groups excluding carboxylic acids is 1. The summed E-state index contributed by atoms with van der Waals surface area (Å²) in [5.41, 5.74) is 4.63. The van der Waals surface area contributed by atoms with Crippen molar-refractivity contribution < 1.29 is 9.90 Å². The molecule has 4 nitrogen and oxygen atoms in total. The van der Waals surface area contributed by atoms with Gasteiger partial charge in [0, 0.05) is 0 Å². The number of thioether (sulfide) groups is 1. The summed E-state index contributed by atoms with van der Waals surface area (Å²) in [6, 6.07) is 16.0. The number of phenolic OH excluding ortho intramolecular Hbond substituents is 1. The molecule has 22 heavy (non-hydrogen) atoms. The average Bonchev–Trinajstić information content (AvgIpc) is 2.78. The number of amides is 1. The lowest BCUT2D eigenvalue weighted by Gasteiger charge is -2.16. The van der Waals surface area contributed by atoms with E-state index < -0.39 is 0 Å². The van der Waals surface area contributed by atoms with Crippen LogP contribution in [-0.4, -0.2) is 20.3 Å². The molecule has 1 saturated heterocycles. The van der Waals surface area contributed by atoms with E-state index in [0.717, 1.165) is 11.3 Å². The van der Waals surface area contributed by atoms with Gasteiger partial charge in [0.15, 0.2) is 4.32 Å². The Morgan fingerprint density at radius 2 is 1.77 bits per heavy atom. The third kappa shape index (κ3) is 3.13. The number of para-hydroxylation sites is 1. The normalized spacial score (nSPS) is 16.4. The number of hydrogen-bond acceptors (Lipinski definition) is 5. The summed E-state index contributed by atoms with van der Waals surface area (Å²) >= 11 is 6.50. The minimum Gasteiger partial charge on any atom is -0.508 e. The zero-order valence-corrected chi connectivity index (χ0v) is 13.0. The minimum atomic E-state index is -0.188. The maximum atomic E-state index is 12.4. The Balaban J connectivity index is 1.80. The molecule has 0 spiro atoms. The molecule has 1 heterocycles. The maximum absolute atomic E-state index is 12.4. The first-order valence-electron chi connectivity index (χ1n) is 6.52. The molecule has 2 aromatic carbocycles. The van der Waals surface area contributed by atoms with Crippen LogP contribution in [0.3, 0.4) is 0 Å². The molecule has 3 rings (SSSR count). The van der Waals surface area contributed by atoms with Crippen LogP contribution in [0.5, 0.6) is 5.75 Å². The number of aromatic hydroxyl groups is 1. The predicted octanol–water partition coefficient (Wildman–Crippen LogP) is 3.62. The highest BCUT2D eigenvalue weighted by molar-refractivity contribution is 8.26. The molecule has 1 aliphatic heterocycles. The third-order valence-corrected chi connectivity index (χ3v) is 4.30. The van der Waals surface area contributed by atoms with Gasteiger partial charge in [-0.3, -0.25) is 10.2 Å². The second kappa shape index (κ2) is 6.21. The first kappa shape index (κ1) is 14.6. The number of hydrazine groups is 1. The predicted molar refractivity (Wildman–Crippen MR) is 93.2 cm³/mol. The molecule has 0 aliphatic carbocycles. The second-order valence-electron chi connectivity index (χ2n) is 4.59. The molecule has 6 heteroatoms. The Hall–Kier alpha value is -2.31. The fourth-order valence-corrected chi connectivity index (χ4v) is 3.11. The minimum absolute atomic E-state index is 0.188. The standard InChI is InChI=1S/C16H12N2O2S2/c19-13-8-6-11(7-9-13)10-14-15(20)18(16(21)22-14)17-12-4-2-1-3-5-12/h1-10,17,19H/b14-10+. The van der Waals surface area contributed by atoms with Crippen LogP contribution in [-0.2, 0) is 4.79 Å². The van der Waals surface area contributed by atoms with Crippen molar-refractivity contribution in [3.05, 3.63) is 65.1 Å². The molecule has 0 radical (unpaired) electrons. The van der Waals surface area contributed by atoms with Gasteiger partial charge in [0.25, 0.3) is 5.91 Å². The summed E-state index contributed by atoms with van der Waals surface area (Å²) in [6.45, 7) is 0. The van der Waals surface area contributed by atoms with E-state index in [1.54, 1.807) is 30.3 Å². The van der Waals surface area contributed by atoms with E-state index in [4.69, 9.17) is 12.2 Å². The molecule has 110 valence electrons. The van der Waals surface area contributed by atoms with E-state index in [9.17, 15) is 9.90 Å². The first-order valence-corrected chi connectivity index (χ1v) is 7.75. The summed E-state index contributed by atoms with van der Waals surface area (Å²) in [6.07, 6.45) is 1.76. The summed E-state index contributed by atoms with van der Waals surface area (Å²) < 4.78 is 0.457. The van der Waals surface area contributed by atoms with Crippen LogP contribution in [0.25, 0.3) is 6.08 Å². The van der Waals surface area contributed by atoms with Gasteiger partial charge in [0.05, 0.1) is 10.6 Å². The Bertz CT molecular complexity index is 743. The average molecular weight is 328 g/mol. The molecular formula is C16H12N2O2S2. The van der Waals surface area contributed by atoms with Crippen molar-refractivity contribution in [3.63, 3.8) is 0 Å². The van der Waals surface area contributed by atoms with Crippen LogP contribution in [0.15, 0.2) is 59.5 Å². The van der Waals surface area contributed by atoms with Crippen molar-refractivity contribution in [2.45, 2.75) is 0 Å². The van der Waals surface area contributed by atoms with Gasteiger partial charge in [-0.05, 0) is 48.1 Å². The molecule has 0 unspecified atom stereocenters. The van der Waals surface area contributed by atoms with Gasteiger partial charge >= 0.3 is 0 Å². The molecule has 0 aromatic heterocycles. The van der Waals surface area contributed by atoms with Crippen molar-refractivity contribution in [1.82, 2.24) is 5.01 Å². The third-order valence-electron chi connectivity index (χ3n) is 3.00. The van der Waals surface area contributed by atoms with Gasteiger partial charge < -0.3 is 5.11 Å². The van der Waals surface area contributed by atoms with Crippen LogP contribution in [0.4, 0.5) is 5.69 Å². The Labute approximate surface area is 137 Å². The smallest absolute Gasteiger partial charge is 0.285 e. The number of phenols is 1. The Morgan fingerprint density at radius 1 is 1.09 bits per heavy atom. The first-order chi connectivity index (χ1) is 10.6. The van der Waals surface area contributed by atoms with Crippen LogP contribution in [0.2, 0.25) is 0 Å². The highest BCUT2D eigenvalue weighted by Crippen LogP contribution is 2.32. The van der Waals surface area contributed by atoms with Gasteiger partial charge in [0.2, 0.25) is 0 Å². The van der Waals surface area contributed by atoms with Crippen molar-refractivity contribution in [3.8, 4) is 5.75 Å². The van der Waals surface area contributed by atoms with Crippen molar-refractivity contribution in [2.24, 2.45) is 0 Å². The molecule has 1 fully saturated rings. The van der Waals surface area contributed by atoms with Gasteiger partial charge in [0.1, 0.15) is 5.75 Å². The molecule has 1 amide bonds. The van der Waals surface area contributed by atoms with E-state index in [0.29, 0.717) is 9.23 Å². The van der Waals surface area contributed by atoms with Gasteiger partial charge in [-0.1, -0.05) is 42.1 Å². The van der Waals surface area contributed by atoms with Crippen LogP contribution in [0.1, 0.15) is 5.56 Å². The number of rotatable bonds is 3. The molecule has 0 atom stereocenters. The topological polar surface area (TPSA) is 52.6 Å². The number of nitrogens with zero attached hydrogens (tertiary/aromatic N) is 1.